The molecule has 0 radical (unpaired) electrons. The van der Waals surface area contributed by atoms with Crippen LogP contribution in [0.5, 0.6) is 0 Å². The summed E-state index contributed by atoms with van der Waals surface area (Å²) >= 11 is 0. The van der Waals surface area contributed by atoms with Crippen molar-refractivity contribution in [2.45, 2.75) is 12.7 Å². The van der Waals surface area contributed by atoms with Gasteiger partial charge in [0, 0.05) is 46.6 Å². The Morgan fingerprint density at radius 3 is 2.68 bits per heavy atom. The van der Waals surface area contributed by atoms with E-state index in [1.807, 2.05) is 0 Å². The first-order valence-corrected chi connectivity index (χ1v) is 10.8. The predicted molar refractivity (Wildman–Crippen MR) is 124 cm³/mol. The fourth-order valence-corrected chi connectivity index (χ4v) is 3.72. The third-order valence-corrected chi connectivity index (χ3v) is 5.66. The zero-order valence-electron chi connectivity index (χ0n) is 18.7. The van der Waals surface area contributed by atoms with Crippen LogP contribution in [0.1, 0.15) is 27.2 Å². The second kappa shape index (κ2) is 9.19. The van der Waals surface area contributed by atoms with Crippen molar-refractivity contribution >= 4 is 16.8 Å². The Kier molecular flexibility index (Phi) is 5.88. The summed E-state index contributed by atoms with van der Waals surface area (Å²) < 4.78 is 55.9. The minimum absolute atomic E-state index is 0.0597. The largest absolute Gasteiger partial charge is 0.419 e. The molecular formula is C25H15F4N7O. The Bertz CT molecular complexity index is 1680. The number of pyridine rings is 1. The van der Waals surface area contributed by atoms with Crippen molar-refractivity contribution in [1.29, 1.82) is 5.26 Å². The van der Waals surface area contributed by atoms with E-state index < -0.39 is 23.3 Å². The van der Waals surface area contributed by atoms with Crippen molar-refractivity contribution in [2.24, 2.45) is 0 Å². The van der Waals surface area contributed by atoms with Crippen molar-refractivity contribution < 1.29 is 22.4 Å². The van der Waals surface area contributed by atoms with Gasteiger partial charge in [0.05, 0.1) is 29.2 Å². The Hall–Kier alpha value is -5.05. The Balaban J connectivity index is 1.32. The van der Waals surface area contributed by atoms with Gasteiger partial charge < -0.3 is 5.32 Å². The molecule has 0 saturated heterocycles. The predicted octanol–water partition coefficient (Wildman–Crippen LogP) is 4.77. The normalized spacial score (nSPS) is 11.4. The van der Waals surface area contributed by atoms with Gasteiger partial charge in [0.15, 0.2) is 5.69 Å². The molecule has 0 saturated carbocycles. The van der Waals surface area contributed by atoms with Crippen molar-refractivity contribution in [2.75, 3.05) is 0 Å². The van der Waals surface area contributed by atoms with Crippen LogP contribution in [0.15, 0.2) is 67.3 Å². The zero-order chi connectivity index (χ0) is 26.2. The first-order valence-electron chi connectivity index (χ1n) is 10.8. The molecule has 0 fully saturated rings. The summed E-state index contributed by atoms with van der Waals surface area (Å²) in [6, 6.07) is 11.5. The molecule has 0 aliphatic heterocycles. The van der Waals surface area contributed by atoms with Crippen LogP contribution in [0.25, 0.3) is 27.7 Å². The van der Waals surface area contributed by atoms with Crippen LogP contribution >= 0.6 is 0 Å². The van der Waals surface area contributed by atoms with Crippen LogP contribution in [0.4, 0.5) is 17.6 Å². The molecule has 0 unspecified atom stereocenters. The highest BCUT2D eigenvalue weighted by Crippen LogP contribution is 2.33. The quantitative estimate of drug-likeness (QED) is 0.334. The number of benzene rings is 2. The van der Waals surface area contributed by atoms with E-state index in [1.54, 1.807) is 30.5 Å². The monoisotopic (exact) mass is 505 g/mol. The highest BCUT2D eigenvalue weighted by atomic mass is 19.4. The number of fused-ring (bicyclic) bond motifs is 1. The average molecular weight is 505 g/mol. The number of hydrogen-bond donors (Lipinski definition) is 2. The maximum Gasteiger partial charge on any atom is 0.419 e. The molecule has 37 heavy (non-hydrogen) atoms. The number of carbonyl (C=O) groups is 1. The molecule has 12 heteroatoms. The number of H-pyrrole nitrogens is 1. The van der Waals surface area contributed by atoms with Crippen LogP contribution in [-0.2, 0) is 12.7 Å². The molecule has 0 aliphatic carbocycles. The molecule has 0 bridgehead atoms. The molecule has 8 nitrogen and oxygen atoms in total. The molecule has 5 aromatic rings. The third-order valence-electron chi connectivity index (χ3n) is 5.66. The lowest BCUT2D eigenvalue weighted by molar-refractivity contribution is -0.138. The van der Waals surface area contributed by atoms with E-state index in [9.17, 15) is 22.4 Å². The van der Waals surface area contributed by atoms with Crippen molar-refractivity contribution in [3.8, 4) is 22.9 Å². The summed E-state index contributed by atoms with van der Waals surface area (Å²) in [5.74, 6) is -0.975. The highest BCUT2D eigenvalue weighted by molar-refractivity contribution is 5.97. The lowest BCUT2D eigenvalue weighted by Gasteiger charge is -2.09. The number of rotatable bonds is 5. The van der Waals surface area contributed by atoms with Crippen LogP contribution in [0.2, 0.25) is 0 Å². The minimum atomic E-state index is -4.75. The van der Waals surface area contributed by atoms with Gasteiger partial charge in [0.25, 0.3) is 5.91 Å². The number of alkyl halides is 3. The number of aromatic amines is 1. The number of hydrogen-bond acceptors (Lipinski definition) is 5. The van der Waals surface area contributed by atoms with E-state index in [4.69, 9.17) is 5.26 Å². The van der Waals surface area contributed by atoms with Gasteiger partial charge >= 0.3 is 6.18 Å². The summed E-state index contributed by atoms with van der Waals surface area (Å²) in [5, 5.41) is 23.2. The lowest BCUT2D eigenvalue weighted by Crippen LogP contribution is -2.23. The van der Waals surface area contributed by atoms with Crippen molar-refractivity contribution in [3.05, 3.63) is 95.5 Å². The molecule has 0 atom stereocenters. The van der Waals surface area contributed by atoms with Gasteiger partial charge in [0.1, 0.15) is 11.9 Å². The number of carbonyl (C=O) groups excluding carboxylic acids is 1. The molecular weight excluding hydrogens is 490 g/mol. The number of aromatic nitrogens is 5. The second-order valence-electron chi connectivity index (χ2n) is 8.03. The van der Waals surface area contributed by atoms with Gasteiger partial charge in [-0.25, -0.2) is 14.1 Å². The molecule has 2 N–H and O–H groups in total. The Morgan fingerprint density at radius 2 is 1.92 bits per heavy atom. The van der Waals surface area contributed by atoms with E-state index in [0.29, 0.717) is 16.8 Å². The van der Waals surface area contributed by atoms with E-state index in [0.717, 1.165) is 23.2 Å². The molecule has 0 aliphatic rings. The number of nitrogens with one attached hydrogen (secondary N) is 2. The number of nitriles is 1. The first kappa shape index (κ1) is 23.7. The maximum atomic E-state index is 14.8. The summed E-state index contributed by atoms with van der Waals surface area (Å²) in [6.07, 6.45) is 0.728. The Morgan fingerprint density at radius 1 is 1.08 bits per heavy atom. The van der Waals surface area contributed by atoms with E-state index in [-0.39, 0.29) is 23.6 Å². The van der Waals surface area contributed by atoms with E-state index >= 15 is 0 Å². The molecule has 5 rings (SSSR count). The van der Waals surface area contributed by atoms with Gasteiger partial charge in [0.2, 0.25) is 0 Å². The van der Waals surface area contributed by atoms with E-state index in [2.05, 4.69) is 25.6 Å². The van der Waals surface area contributed by atoms with Gasteiger partial charge in [-0.05, 0) is 36.4 Å². The number of halogens is 4. The summed E-state index contributed by atoms with van der Waals surface area (Å²) in [7, 11) is 0. The average Bonchev–Trinajstić information content (AvgIpc) is 3.56. The number of nitrogens with zero attached hydrogens (tertiary/aromatic N) is 5. The fourth-order valence-electron chi connectivity index (χ4n) is 3.72. The zero-order valence-corrected chi connectivity index (χ0v) is 18.7. The smallest absolute Gasteiger partial charge is 0.348 e. The molecule has 1 amide bonds. The highest BCUT2D eigenvalue weighted by Gasteiger charge is 2.35. The topological polar surface area (TPSA) is 112 Å². The summed E-state index contributed by atoms with van der Waals surface area (Å²) in [6.45, 7) is -0.0597. The summed E-state index contributed by atoms with van der Waals surface area (Å²) in [4.78, 5) is 16.1. The first-order chi connectivity index (χ1) is 17.7. The molecule has 184 valence electrons. The molecule has 0 spiro atoms. The fraction of sp³-hybridized carbons (Fsp3) is 0.0800. The van der Waals surface area contributed by atoms with Crippen molar-refractivity contribution in [1.82, 2.24) is 30.3 Å². The van der Waals surface area contributed by atoms with Crippen LogP contribution in [-0.4, -0.2) is 30.9 Å². The van der Waals surface area contributed by atoms with Gasteiger partial charge in [-0.15, -0.1) is 0 Å². The van der Waals surface area contributed by atoms with Gasteiger partial charge in [-0.2, -0.15) is 28.6 Å². The third kappa shape index (κ3) is 4.74. The van der Waals surface area contributed by atoms with Crippen LogP contribution in [0, 0.1) is 17.1 Å². The maximum absolute atomic E-state index is 14.8. The molecule has 3 aromatic heterocycles. The Labute approximate surface area is 206 Å². The summed E-state index contributed by atoms with van der Waals surface area (Å²) in [5.41, 5.74) is 0.275. The molecule has 3 heterocycles. The lowest BCUT2D eigenvalue weighted by atomic mass is 10.1. The second-order valence-corrected chi connectivity index (χ2v) is 8.03. The van der Waals surface area contributed by atoms with Gasteiger partial charge in [-0.1, -0.05) is 6.07 Å². The van der Waals surface area contributed by atoms with E-state index in [1.165, 1.54) is 35.3 Å². The van der Waals surface area contributed by atoms with Gasteiger partial charge in [-0.3, -0.25) is 9.89 Å². The SMILES string of the molecule is N#Cc1ncc(-c2cnn(-c3ccc(CNC(=O)c4ccc5[nH]ncc5c4)c(F)c3)c2)cc1C(F)(F)F. The molecule has 2 aromatic carbocycles. The van der Waals surface area contributed by atoms with Crippen LogP contribution in [0.3, 0.4) is 0 Å². The van der Waals surface area contributed by atoms with Crippen molar-refractivity contribution in [3.63, 3.8) is 0 Å². The van der Waals surface area contributed by atoms with Crippen LogP contribution < -0.4 is 5.32 Å². The number of amides is 1. The minimum Gasteiger partial charge on any atom is -0.348 e. The standard InChI is InChI=1S/C25H15F4N7O/c26-21-7-19(3-1-15(21)9-32-24(37)14-2-4-22-17(5-14)11-33-35-22)36-13-18(12-34-36)16-6-20(25(27,28)29)23(8-30)31-10-16/h1-7,10-13H,9H2,(H,32,37)(H,33,35).